The van der Waals surface area contributed by atoms with Crippen LogP contribution in [0.3, 0.4) is 0 Å². The number of esters is 1. The molecule has 5 heteroatoms. The lowest BCUT2D eigenvalue weighted by molar-refractivity contribution is -0.120. The van der Waals surface area contributed by atoms with Crippen molar-refractivity contribution in [3.63, 3.8) is 0 Å². The van der Waals surface area contributed by atoms with Gasteiger partial charge in [-0.2, -0.15) is 0 Å². The van der Waals surface area contributed by atoms with E-state index in [4.69, 9.17) is 14.2 Å². The number of cyclic esters (lactones) is 1. The fourth-order valence-corrected chi connectivity index (χ4v) is 2.32. The third-order valence-corrected chi connectivity index (χ3v) is 3.15. The molecule has 0 atom stereocenters. The topological polar surface area (TPSA) is 61.8 Å². The molecular weight excluding hydrogens is 236 g/mol. The van der Waals surface area contributed by atoms with Crippen molar-refractivity contribution in [3.05, 3.63) is 22.3 Å². The highest BCUT2D eigenvalue weighted by Crippen LogP contribution is 2.42. The van der Waals surface area contributed by atoms with Crippen molar-refractivity contribution in [1.29, 1.82) is 0 Å². The van der Waals surface area contributed by atoms with Gasteiger partial charge in [0.05, 0.1) is 7.11 Å². The Balaban J connectivity index is 2.80. The zero-order valence-corrected chi connectivity index (χ0v) is 10.5. The van der Waals surface area contributed by atoms with Gasteiger partial charge in [-0.25, -0.2) is 4.79 Å². The first kappa shape index (κ1) is 12.4. The standard InChI is InChI=1S/C13H14O5/c1-4-8-11(16-3)7(2)9-5-17-13(15)10(9)12(8)18-6-14/h6H,4-5H2,1-3H3. The Labute approximate surface area is 105 Å². The van der Waals surface area contributed by atoms with E-state index in [0.717, 1.165) is 11.1 Å². The van der Waals surface area contributed by atoms with Gasteiger partial charge in [0.1, 0.15) is 17.9 Å². The van der Waals surface area contributed by atoms with E-state index in [2.05, 4.69) is 0 Å². The summed E-state index contributed by atoms with van der Waals surface area (Å²) >= 11 is 0. The Bertz CT molecular complexity index is 519. The van der Waals surface area contributed by atoms with Gasteiger partial charge in [-0.15, -0.1) is 0 Å². The van der Waals surface area contributed by atoms with Crippen LogP contribution >= 0.6 is 0 Å². The summed E-state index contributed by atoms with van der Waals surface area (Å²) in [6.07, 6.45) is 0.591. The van der Waals surface area contributed by atoms with Crippen LogP contribution in [0.4, 0.5) is 0 Å². The second-order valence-electron chi connectivity index (χ2n) is 3.96. The van der Waals surface area contributed by atoms with Crippen LogP contribution in [0.1, 0.15) is 34.0 Å². The molecule has 5 nitrogen and oxygen atoms in total. The molecule has 1 aromatic carbocycles. The van der Waals surface area contributed by atoms with Gasteiger partial charge in [-0.1, -0.05) is 6.92 Å². The molecule has 0 saturated carbocycles. The van der Waals surface area contributed by atoms with Crippen LogP contribution in [0.5, 0.6) is 11.5 Å². The SMILES string of the molecule is CCc1c(OC)c(C)c2c(c1OC=O)C(=O)OC2. The number of hydrogen-bond donors (Lipinski definition) is 0. The van der Waals surface area contributed by atoms with Crippen molar-refractivity contribution < 1.29 is 23.8 Å². The van der Waals surface area contributed by atoms with Crippen molar-refractivity contribution in [2.45, 2.75) is 26.9 Å². The number of carbonyl (C=O) groups excluding carboxylic acids is 2. The van der Waals surface area contributed by atoms with E-state index in [1.807, 2.05) is 13.8 Å². The summed E-state index contributed by atoms with van der Waals surface area (Å²) in [7, 11) is 1.55. The molecule has 0 spiro atoms. The molecule has 2 rings (SSSR count). The summed E-state index contributed by atoms with van der Waals surface area (Å²) in [6.45, 7) is 4.27. The van der Waals surface area contributed by atoms with E-state index >= 15 is 0 Å². The lowest BCUT2D eigenvalue weighted by Crippen LogP contribution is -2.07. The summed E-state index contributed by atoms with van der Waals surface area (Å²) in [6, 6.07) is 0. The molecule has 1 aliphatic rings. The van der Waals surface area contributed by atoms with Crippen molar-refractivity contribution in [1.82, 2.24) is 0 Å². The van der Waals surface area contributed by atoms with E-state index in [1.54, 1.807) is 7.11 Å². The lowest BCUT2D eigenvalue weighted by atomic mass is 9.96. The Kier molecular flexibility index (Phi) is 3.23. The first-order chi connectivity index (χ1) is 8.65. The van der Waals surface area contributed by atoms with E-state index in [1.165, 1.54) is 0 Å². The zero-order valence-electron chi connectivity index (χ0n) is 10.5. The molecule has 0 aromatic heterocycles. The molecule has 1 aromatic rings. The van der Waals surface area contributed by atoms with Gasteiger partial charge in [0, 0.05) is 11.1 Å². The molecule has 0 radical (unpaired) electrons. The van der Waals surface area contributed by atoms with Gasteiger partial charge in [0.25, 0.3) is 6.47 Å². The summed E-state index contributed by atoms with van der Waals surface area (Å²) in [5.41, 5.74) is 2.64. The van der Waals surface area contributed by atoms with Gasteiger partial charge < -0.3 is 14.2 Å². The molecule has 0 unspecified atom stereocenters. The Hall–Kier alpha value is -2.04. The van der Waals surface area contributed by atoms with Crippen molar-refractivity contribution in [2.24, 2.45) is 0 Å². The van der Waals surface area contributed by atoms with Gasteiger partial charge >= 0.3 is 5.97 Å². The second kappa shape index (κ2) is 4.68. The van der Waals surface area contributed by atoms with Crippen molar-refractivity contribution in [2.75, 3.05) is 7.11 Å². The largest absolute Gasteiger partial charge is 0.496 e. The summed E-state index contributed by atoms with van der Waals surface area (Å²) in [4.78, 5) is 22.3. The third-order valence-electron chi connectivity index (χ3n) is 3.15. The highest BCUT2D eigenvalue weighted by molar-refractivity contribution is 5.98. The minimum Gasteiger partial charge on any atom is -0.496 e. The summed E-state index contributed by atoms with van der Waals surface area (Å²) in [5.74, 6) is 0.446. The third kappa shape index (κ3) is 1.63. The normalized spacial score (nSPS) is 12.9. The number of rotatable bonds is 4. The van der Waals surface area contributed by atoms with Crippen LogP contribution in [0, 0.1) is 6.92 Å². The molecule has 0 saturated heterocycles. The Morgan fingerprint density at radius 1 is 1.39 bits per heavy atom. The molecule has 0 fully saturated rings. The van der Waals surface area contributed by atoms with Crippen LogP contribution in [0.2, 0.25) is 0 Å². The average molecular weight is 250 g/mol. The quantitative estimate of drug-likeness (QED) is 0.602. The number of ether oxygens (including phenoxy) is 3. The van der Waals surface area contributed by atoms with E-state index in [0.29, 0.717) is 29.8 Å². The van der Waals surface area contributed by atoms with Gasteiger partial charge in [0.15, 0.2) is 5.75 Å². The van der Waals surface area contributed by atoms with Crippen LogP contribution < -0.4 is 9.47 Å². The van der Waals surface area contributed by atoms with Crippen LogP contribution in [0.15, 0.2) is 0 Å². The van der Waals surface area contributed by atoms with Crippen LogP contribution in [0.25, 0.3) is 0 Å². The first-order valence-electron chi connectivity index (χ1n) is 5.65. The Morgan fingerprint density at radius 2 is 2.11 bits per heavy atom. The minimum absolute atomic E-state index is 0.190. The lowest BCUT2D eigenvalue weighted by Gasteiger charge is -2.16. The maximum absolute atomic E-state index is 11.7. The maximum atomic E-state index is 11.7. The minimum atomic E-state index is -0.456. The highest BCUT2D eigenvalue weighted by atomic mass is 16.5. The monoisotopic (exact) mass is 250 g/mol. The predicted molar refractivity (Wildman–Crippen MR) is 62.9 cm³/mol. The van der Waals surface area contributed by atoms with Crippen molar-refractivity contribution >= 4 is 12.4 Å². The molecule has 1 heterocycles. The number of carbonyl (C=O) groups is 2. The predicted octanol–water partition coefficient (Wildman–Crippen LogP) is 1.77. The first-order valence-corrected chi connectivity index (χ1v) is 5.65. The van der Waals surface area contributed by atoms with Crippen LogP contribution in [-0.2, 0) is 22.6 Å². The van der Waals surface area contributed by atoms with Gasteiger partial charge in [0.2, 0.25) is 0 Å². The molecule has 0 aliphatic carbocycles. The molecule has 1 aliphatic heterocycles. The van der Waals surface area contributed by atoms with Crippen molar-refractivity contribution in [3.8, 4) is 11.5 Å². The number of benzene rings is 1. The van der Waals surface area contributed by atoms with E-state index in [-0.39, 0.29) is 12.4 Å². The molecule has 0 bridgehead atoms. The average Bonchev–Trinajstić information content (AvgIpc) is 2.75. The van der Waals surface area contributed by atoms with Gasteiger partial charge in [-0.3, -0.25) is 4.79 Å². The molecule has 0 N–H and O–H groups in total. The fraction of sp³-hybridized carbons (Fsp3) is 0.385. The smallest absolute Gasteiger partial charge is 0.342 e. The van der Waals surface area contributed by atoms with Crippen LogP contribution in [-0.4, -0.2) is 19.6 Å². The van der Waals surface area contributed by atoms with Gasteiger partial charge in [-0.05, 0) is 18.9 Å². The maximum Gasteiger partial charge on any atom is 0.342 e. The Morgan fingerprint density at radius 3 is 2.67 bits per heavy atom. The van der Waals surface area contributed by atoms with E-state index < -0.39 is 5.97 Å². The zero-order chi connectivity index (χ0) is 13.3. The molecule has 18 heavy (non-hydrogen) atoms. The number of methoxy groups -OCH3 is 1. The summed E-state index contributed by atoms with van der Waals surface area (Å²) in [5, 5.41) is 0. The highest BCUT2D eigenvalue weighted by Gasteiger charge is 2.32. The summed E-state index contributed by atoms with van der Waals surface area (Å²) < 4.78 is 15.3. The molecular formula is C13H14O5. The van der Waals surface area contributed by atoms with E-state index in [9.17, 15) is 9.59 Å². The molecule has 0 amide bonds. The number of fused-ring (bicyclic) bond motifs is 1. The second-order valence-corrected chi connectivity index (χ2v) is 3.96. The molecule has 96 valence electrons. The number of hydrogen-bond acceptors (Lipinski definition) is 5. The fourth-order valence-electron chi connectivity index (χ4n) is 2.32.